The lowest BCUT2D eigenvalue weighted by molar-refractivity contribution is 0.237. The molecule has 0 amide bonds. The van der Waals surface area contributed by atoms with E-state index >= 15 is 0 Å². The Morgan fingerprint density at radius 1 is 1.15 bits per heavy atom. The summed E-state index contributed by atoms with van der Waals surface area (Å²) < 4.78 is 7.13. The van der Waals surface area contributed by atoms with Crippen molar-refractivity contribution in [3.63, 3.8) is 0 Å². The van der Waals surface area contributed by atoms with Crippen molar-refractivity contribution in [3.05, 3.63) is 65.7 Å². The molecule has 0 spiro atoms. The van der Waals surface area contributed by atoms with Crippen LogP contribution in [-0.4, -0.2) is 6.10 Å². The molecule has 0 aromatic heterocycles. The summed E-state index contributed by atoms with van der Waals surface area (Å²) in [5, 5.41) is 0. The second-order valence-electron chi connectivity index (χ2n) is 4.66. The van der Waals surface area contributed by atoms with Gasteiger partial charge in [-0.25, -0.2) is 0 Å². The number of rotatable bonds is 6. The standard InChI is InChI=1S/C18H19BrO/c1-3-9-15(4-2)20-18-16(12-8-13-17(18)19)14-10-6-5-7-11-14/h4-8,10-13,15H,2-3,9H2,1H3. The quantitative estimate of drug-likeness (QED) is 0.603. The molecule has 0 radical (unpaired) electrons. The third-order valence-electron chi connectivity index (χ3n) is 3.16. The van der Waals surface area contributed by atoms with Gasteiger partial charge < -0.3 is 4.74 Å². The number of halogens is 1. The molecule has 0 aliphatic heterocycles. The molecule has 2 heteroatoms. The Labute approximate surface area is 129 Å². The van der Waals surface area contributed by atoms with Crippen LogP contribution in [0.15, 0.2) is 65.7 Å². The second-order valence-corrected chi connectivity index (χ2v) is 5.52. The van der Waals surface area contributed by atoms with Gasteiger partial charge in [0.15, 0.2) is 0 Å². The van der Waals surface area contributed by atoms with Crippen LogP contribution in [0.2, 0.25) is 0 Å². The molecular weight excluding hydrogens is 312 g/mol. The van der Waals surface area contributed by atoms with E-state index in [1.165, 1.54) is 0 Å². The van der Waals surface area contributed by atoms with Crippen LogP contribution >= 0.6 is 15.9 Å². The molecular formula is C18H19BrO. The van der Waals surface area contributed by atoms with Crippen LogP contribution in [0, 0.1) is 0 Å². The van der Waals surface area contributed by atoms with Crippen LogP contribution in [0.4, 0.5) is 0 Å². The minimum Gasteiger partial charge on any atom is -0.485 e. The Morgan fingerprint density at radius 2 is 1.90 bits per heavy atom. The van der Waals surface area contributed by atoms with Gasteiger partial charge in [-0.3, -0.25) is 0 Å². The molecule has 0 bridgehead atoms. The predicted molar refractivity (Wildman–Crippen MR) is 89.1 cm³/mol. The molecule has 0 aliphatic carbocycles. The highest BCUT2D eigenvalue weighted by Crippen LogP contribution is 2.37. The summed E-state index contributed by atoms with van der Waals surface area (Å²) in [6.07, 6.45) is 3.96. The van der Waals surface area contributed by atoms with E-state index in [2.05, 4.69) is 47.6 Å². The van der Waals surface area contributed by atoms with E-state index in [0.29, 0.717) is 0 Å². The molecule has 0 heterocycles. The molecule has 0 N–H and O–H groups in total. The maximum Gasteiger partial charge on any atom is 0.142 e. The number of ether oxygens (including phenoxy) is 1. The lowest BCUT2D eigenvalue weighted by Crippen LogP contribution is -2.13. The van der Waals surface area contributed by atoms with E-state index in [9.17, 15) is 0 Å². The van der Waals surface area contributed by atoms with Crippen LogP contribution < -0.4 is 4.74 Å². The van der Waals surface area contributed by atoms with Crippen molar-refractivity contribution in [2.75, 3.05) is 0 Å². The van der Waals surface area contributed by atoms with Crippen molar-refractivity contribution in [3.8, 4) is 16.9 Å². The average molecular weight is 331 g/mol. The van der Waals surface area contributed by atoms with Crippen LogP contribution in [0.25, 0.3) is 11.1 Å². The van der Waals surface area contributed by atoms with Crippen molar-refractivity contribution in [2.24, 2.45) is 0 Å². The Balaban J connectivity index is 2.39. The molecule has 0 saturated carbocycles. The highest BCUT2D eigenvalue weighted by atomic mass is 79.9. The number of hydrogen-bond donors (Lipinski definition) is 0. The molecule has 0 saturated heterocycles. The number of benzene rings is 2. The van der Waals surface area contributed by atoms with Crippen molar-refractivity contribution >= 4 is 15.9 Å². The Hall–Kier alpha value is -1.54. The maximum atomic E-state index is 6.16. The van der Waals surface area contributed by atoms with Gasteiger partial charge in [0.1, 0.15) is 11.9 Å². The summed E-state index contributed by atoms with van der Waals surface area (Å²) in [4.78, 5) is 0. The Kier molecular flexibility index (Phi) is 5.42. The van der Waals surface area contributed by atoms with E-state index in [1.54, 1.807) is 0 Å². The summed E-state index contributed by atoms with van der Waals surface area (Å²) in [5.74, 6) is 0.886. The van der Waals surface area contributed by atoms with Crippen LogP contribution in [0.5, 0.6) is 5.75 Å². The number of hydrogen-bond acceptors (Lipinski definition) is 1. The topological polar surface area (TPSA) is 9.23 Å². The minimum atomic E-state index is 0.0427. The molecule has 20 heavy (non-hydrogen) atoms. The summed E-state index contributed by atoms with van der Waals surface area (Å²) in [7, 11) is 0. The summed E-state index contributed by atoms with van der Waals surface area (Å²) in [5.41, 5.74) is 2.26. The Bertz CT molecular complexity index is 563. The fourth-order valence-corrected chi connectivity index (χ4v) is 2.59. The van der Waals surface area contributed by atoms with Crippen LogP contribution in [-0.2, 0) is 0 Å². The van der Waals surface area contributed by atoms with E-state index in [-0.39, 0.29) is 6.10 Å². The fraction of sp³-hybridized carbons (Fsp3) is 0.222. The van der Waals surface area contributed by atoms with Gasteiger partial charge in [-0.2, -0.15) is 0 Å². The van der Waals surface area contributed by atoms with Crippen molar-refractivity contribution < 1.29 is 4.74 Å². The summed E-state index contributed by atoms with van der Waals surface area (Å²) in [6, 6.07) is 16.4. The Morgan fingerprint density at radius 3 is 2.55 bits per heavy atom. The van der Waals surface area contributed by atoms with Gasteiger partial charge >= 0.3 is 0 Å². The minimum absolute atomic E-state index is 0.0427. The van der Waals surface area contributed by atoms with E-state index in [4.69, 9.17) is 4.74 Å². The highest BCUT2D eigenvalue weighted by Gasteiger charge is 2.13. The van der Waals surface area contributed by atoms with Gasteiger partial charge in [0, 0.05) is 5.56 Å². The lowest BCUT2D eigenvalue weighted by Gasteiger charge is -2.19. The van der Waals surface area contributed by atoms with Gasteiger partial charge in [0.25, 0.3) is 0 Å². The molecule has 1 nitrogen and oxygen atoms in total. The SMILES string of the molecule is C=CC(CCC)Oc1c(Br)cccc1-c1ccccc1. The first-order valence-electron chi connectivity index (χ1n) is 6.89. The molecule has 1 atom stereocenters. The summed E-state index contributed by atoms with van der Waals surface area (Å²) in [6.45, 7) is 6.02. The van der Waals surface area contributed by atoms with Crippen LogP contribution in [0.1, 0.15) is 19.8 Å². The monoisotopic (exact) mass is 330 g/mol. The van der Waals surface area contributed by atoms with Gasteiger partial charge in [-0.1, -0.05) is 68.5 Å². The number of para-hydroxylation sites is 1. The first kappa shape index (κ1) is 14.9. The average Bonchev–Trinajstić information content (AvgIpc) is 2.49. The molecule has 104 valence electrons. The third kappa shape index (κ3) is 3.51. The zero-order valence-electron chi connectivity index (χ0n) is 11.7. The van der Waals surface area contributed by atoms with Crippen molar-refractivity contribution in [1.82, 2.24) is 0 Å². The highest BCUT2D eigenvalue weighted by molar-refractivity contribution is 9.10. The van der Waals surface area contributed by atoms with Gasteiger partial charge in [0.2, 0.25) is 0 Å². The van der Waals surface area contributed by atoms with Gasteiger partial charge in [-0.05, 0) is 34.0 Å². The molecule has 0 aliphatic rings. The fourth-order valence-electron chi connectivity index (χ4n) is 2.13. The van der Waals surface area contributed by atoms with Gasteiger partial charge in [-0.15, -0.1) is 0 Å². The largest absolute Gasteiger partial charge is 0.485 e. The van der Waals surface area contributed by atoms with E-state index in [0.717, 1.165) is 34.2 Å². The predicted octanol–water partition coefficient (Wildman–Crippen LogP) is 5.85. The van der Waals surface area contributed by atoms with Crippen molar-refractivity contribution in [2.45, 2.75) is 25.9 Å². The molecule has 2 aromatic rings. The zero-order valence-corrected chi connectivity index (χ0v) is 13.3. The molecule has 2 rings (SSSR count). The molecule has 2 aromatic carbocycles. The third-order valence-corrected chi connectivity index (χ3v) is 3.78. The van der Waals surface area contributed by atoms with Crippen molar-refractivity contribution in [1.29, 1.82) is 0 Å². The molecule has 0 fully saturated rings. The summed E-state index contributed by atoms with van der Waals surface area (Å²) >= 11 is 3.59. The normalized spacial score (nSPS) is 11.9. The maximum absolute atomic E-state index is 6.16. The van der Waals surface area contributed by atoms with E-state index < -0.39 is 0 Å². The van der Waals surface area contributed by atoms with Crippen LogP contribution in [0.3, 0.4) is 0 Å². The zero-order chi connectivity index (χ0) is 14.4. The second kappa shape index (κ2) is 7.30. The van der Waals surface area contributed by atoms with E-state index in [1.807, 2.05) is 36.4 Å². The molecule has 1 unspecified atom stereocenters. The first-order valence-corrected chi connectivity index (χ1v) is 7.68. The lowest BCUT2D eigenvalue weighted by atomic mass is 10.0. The first-order chi connectivity index (χ1) is 9.76. The van der Waals surface area contributed by atoms with Gasteiger partial charge in [0.05, 0.1) is 4.47 Å². The smallest absolute Gasteiger partial charge is 0.142 e.